The molecule has 1 aromatic carbocycles. The number of anilines is 1. The Morgan fingerprint density at radius 1 is 1.50 bits per heavy atom. The van der Waals surface area contributed by atoms with Crippen LogP contribution in [0.4, 0.5) is 5.69 Å². The molecule has 0 fully saturated rings. The van der Waals surface area contributed by atoms with Gasteiger partial charge in [0.05, 0.1) is 18.9 Å². The Hall–Kier alpha value is -1.48. The predicted molar refractivity (Wildman–Crippen MR) is 59.0 cm³/mol. The fraction of sp³-hybridized carbons (Fsp3) is 0.300. The lowest BCUT2D eigenvalue weighted by atomic mass is 10.0. The Bertz CT molecular complexity index is 431. The highest BCUT2D eigenvalue weighted by Crippen LogP contribution is 2.33. The Morgan fingerprint density at radius 3 is 2.62 bits per heavy atom. The van der Waals surface area contributed by atoms with Gasteiger partial charge >= 0.3 is 0 Å². The molecule has 0 aliphatic carbocycles. The number of nitriles is 1. The van der Waals surface area contributed by atoms with E-state index in [1.807, 2.05) is 0 Å². The zero-order valence-electron chi connectivity index (χ0n) is 8.51. The number of aliphatic hydroxyl groups excluding tert-OH is 2. The number of methoxy groups -OCH3 is 1. The van der Waals surface area contributed by atoms with Gasteiger partial charge in [-0.05, 0) is 12.1 Å². The molecule has 0 heterocycles. The van der Waals surface area contributed by atoms with E-state index in [-0.39, 0.29) is 10.6 Å². The summed E-state index contributed by atoms with van der Waals surface area (Å²) in [4.78, 5) is 0. The number of nitrogens with two attached hydrogens (primary N) is 1. The van der Waals surface area contributed by atoms with Crippen molar-refractivity contribution >= 4 is 17.3 Å². The molecular formula is C10H11ClN2O3. The number of nitrogens with zero attached hydrogens (tertiary/aromatic N) is 1. The van der Waals surface area contributed by atoms with E-state index in [4.69, 9.17) is 27.3 Å². The molecule has 0 amide bonds. The summed E-state index contributed by atoms with van der Waals surface area (Å²) >= 11 is 5.84. The third kappa shape index (κ3) is 2.36. The van der Waals surface area contributed by atoms with Crippen LogP contribution in [-0.4, -0.2) is 23.4 Å². The van der Waals surface area contributed by atoms with Crippen LogP contribution >= 0.6 is 11.6 Å². The molecule has 16 heavy (non-hydrogen) atoms. The van der Waals surface area contributed by atoms with E-state index in [9.17, 15) is 10.2 Å². The number of benzene rings is 1. The molecule has 1 rings (SSSR count). The number of hydrogen-bond acceptors (Lipinski definition) is 5. The number of hydrogen-bond donors (Lipinski definition) is 3. The second-order valence-electron chi connectivity index (χ2n) is 3.13. The summed E-state index contributed by atoms with van der Waals surface area (Å²) in [7, 11) is 1.41. The molecule has 0 radical (unpaired) electrons. The van der Waals surface area contributed by atoms with Gasteiger partial charge in [-0.25, -0.2) is 0 Å². The van der Waals surface area contributed by atoms with Crippen LogP contribution in [0.2, 0.25) is 5.02 Å². The molecule has 86 valence electrons. The molecule has 0 aliphatic heterocycles. The van der Waals surface area contributed by atoms with Gasteiger partial charge in [0.2, 0.25) is 0 Å². The summed E-state index contributed by atoms with van der Waals surface area (Å²) in [6.07, 6.45) is -2.95. The Kier molecular flexibility index (Phi) is 3.96. The predicted octanol–water partition coefficient (Wildman–Crippen LogP) is 0.849. The molecule has 0 aromatic heterocycles. The van der Waals surface area contributed by atoms with Crippen LogP contribution in [0.5, 0.6) is 5.75 Å². The maximum Gasteiger partial charge on any atom is 0.170 e. The van der Waals surface area contributed by atoms with E-state index in [2.05, 4.69) is 0 Å². The standard InChI is InChI=1S/C10H11ClN2O3/c1-16-9-2-5(6(11)3-7(9)13)10(15)8(14)4-12/h2-3,8,10,14-15H,13H2,1H3. The van der Waals surface area contributed by atoms with Gasteiger partial charge in [-0.3, -0.25) is 0 Å². The normalized spacial score (nSPS) is 13.9. The highest BCUT2D eigenvalue weighted by atomic mass is 35.5. The van der Waals surface area contributed by atoms with E-state index in [1.54, 1.807) is 0 Å². The maximum absolute atomic E-state index is 9.63. The third-order valence-electron chi connectivity index (χ3n) is 2.10. The van der Waals surface area contributed by atoms with Crippen molar-refractivity contribution in [3.8, 4) is 11.8 Å². The first-order chi connectivity index (χ1) is 7.51. The Labute approximate surface area is 97.6 Å². The fourth-order valence-electron chi connectivity index (χ4n) is 1.23. The summed E-state index contributed by atoms with van der Waals surface area (Å²) in [6.45, 7) is 0. The second-order valence-corrected chi connectivity index (χ2v) is 3.54. The topological polar surface area (TPSA) is 99.5 Å². The monoisotopic (exact) mass is 242 g/mol. The summed E-state index contributed by atoms with van der Waals surface area (Å²) < 4.78 is 4.94. The number of ether oxygens (including phenoxy) is 1. The van der Waals surface area contributed by atoms with Crippen LogP contribution in [-0.2, 0) is 0 Å². The highest BCUT2D eigenvalue weighted by molar-refractivity contribution is 6.31. The first-order valence-electron chi connectivity index (χ1n) is 4.40. The van der Waals surface area contributed by atoms with Crippen LogP contribution in [0.25, 0.3) is 0 Å². The lowest BCUT2D eigenvalue weighted by Gasteiger charge is -2.15. The highest BCUT2D eigenvalue weighted by Gasteiger charge is 2.21. The van der Waals surface area contributed by atoms with Crippen LogP contribution in [0.15, 0.2) is 12.1 Å². The van der Waals surface area contributed by atoms with E-state index in [0.717, 1.165) is 0 Å². The van der Waals surface area contributed by atoms with E-state index in [0.29, 0.717) is 11.4 Å². The molecule has 6 heteroatoms. The average molecular weight is 243 g/mol. The van der Waals surface area contributed by atoms with Crippen LogP contribution in [0, 0.1) is 11.3 Å². The van der Waals surface area contributed by atoms with Gasteiger partial charge in [0.1, 0.15) is 11.9 Å². The second kappa shape index (κ2) is 5.03. The Balaban J connectivity index is 3.19. The molecule has 2 unspecified atom stereocenters. The molecule has 0 spiro atoms. The first kappa shape index (κ1) is 12.6. The van der Waals surface area contributed by atoms with Crippen molar-refractivity contribution in [2.75, 3.05) is 12.8 Å². The fourth-order valence-corrected chi connectivity index (χ4v) is 1.51. The quantitative estimate of drug-likeness (QED) is 0.539. The molecule has 0 bridgehead atoms. The summed E-state index contributed by atoms with van der Waals surface area (Å²) in [6, 6.07) is 4.30. The molecule has 0 aliphatic rings. The number of halogens is 1. The average Bonchev–Trinajstić information content (AvgIpc) is 2.27. The van der Waals surface area contributed by atoms with Gasteiger partial charge in [0, 0.05) is 10.6 Å². The van der Waals surface area contributed by atoms with Gasteiger partial charge in [-0.15, -0.1) is 0 Å². The molecule has 0 saturated heterocycles. The molecular weight excluding hydrogens is 232 g/mol. The van der Waals surface area contributed by atoms with Crippen molar-refractivity contribution in [2.24, 2.45) is 0 Å². The van der Waals surface area contributed by atoms with Crippen LogP contribution < -0.4 is 10.5 Å². The molecule has 5 nitrogen and oxygen atoms in total. The third-order valence-corrected chi connectivity index (χ3v) is 2.43. The lowest BCUT2D eigenvalue weighted by Crippen LogP contribution is -2.16. The number of aliphatic hydroxyl groups is 2. The minimum Gasteiger partial charge on any atom is -0.495 e. The van der Waals surface area contributed by atoms with Crippen LogP contribution in [0.3, 0.4) is 0 Å². The molecule has 2 atom stereocenters. The summed E-state index contributed by atoms with van der Waals surface area (Å²) in [5, 5.41) is 27.5. The van der Waals surface area contributed by atoms with Gasteiger partial charge in [-0.1, -0.05) is 11.6 Å². The van der Waals surface area contributed by atoms with Gasteiger partial charge in [0.25, 0.3) is 0 Å². The van der Waals surface area contributed by atoms with E-state index in [1.165, 1.54) is 25.3 Å². The van der Waals surface area contributed by atoms with Crippen molar-refractivity contribution in [1.29, 1.82) is 5.26 Å². The zero-order chi connectivity index (χ0) is 12.3. The zero-order valence-corrected chi connectivity index (χ0v) is 9.27. The first-order valence-corrected chi connectivity index (χ1v) is 4.77. The van der Waals surface area contributed by atoms with Gasteiger partial charge in [0.15, 0.2) is 6.10 Å². The van der Waals surface area contributed by atoms with Gasteiger partial charge < -0.3 is 20.7 Å². The van der Waals surface area contributed by atoms with Crippen molar-refractivity contribution in [3.05, 3.63) is 22.7 Å². The van der Waals surface area contributed by atoms with E-state index < -0.39 is 12.2 Å². The SMILES string of the molecule is COc1cc(C(O)C(O)C#N)c(Cl)cc1N. The minimum atomic E-state index is -1.55. The Morgan fingerprint density at radius 2 is 2.12 bits per heavy atom. The minimum absolute atomic E-state index is 0.167. The van der Waals surface area contributed by atoms with Crippen molar-refractivity contribution in [2.45, 2.75) is 12.2 Å². The molecule has 0 saturated carbocycles. The smallest absolute Gasteiger partial charge is 0.170 e. The lowest BCUT2D eigenvalue weighted by molar-refractivity contribution is 0.0527. The number of rotatable bonds is 3. The maximum atomic E-state index is 9.63. The number of nitrogen functional groups attached to an aromatic ring is 1. The van der Waals surface area contributed by atoms with Crippen molar-refractivity contribution in [1.82, 2.24) is 0 Å². The van der Waals surface area contributed by atoms with Crippen molar-refractivity contribution < 1.29 is 14.9 Å². The summed E-state index contributed by atoms with van der Waals surface area (Å²) in [5.74, 6) is 0.323. The largest absolute Gasteiger partial charge is 0.495 e. The van der Waals surface area contributed by atoms with Gasteiger partial charge in [-0.2, -0.15) is 5.26 Å². The molecule has 4 N–H and O–H groups in total. The summed E-state index contributed by atoms with van der Waals surface area (Å²) in [5.41, 5.74) is 6.10. The van der Waals surface area contributed by atoms with Crippen molar-refractivity contribution in [3.63, 3.8) is 0 Å². The van der Waals surface area contributed by atoms with E-state index >= 15 is 0 Å². The van der Waals surface area contributed by atoms with Crippen LogP contribution in [0.1, 0.15) is 11.7 Å². The molecule has 1 aromatic rings.